The van der Waals surface area contributed by atoms with E-state index in [9.17, 15) is 4.39 Å². The van der Waals surface area contributed by atoms with Gasteiger partial charge >= 0.3 is 0 Å². The van der Waals surface area contributed by atoms with Crippen molar-refractivity contribution in [3.63, 3.8) is 0 Å². The Labute approximate surface area is 337 Å². The third kappa shape index (κ3) is 5.36. The summed E-state index contributed by atoms with van der Waals surface area (Å²) in [4.78, 5) is 2.16. The number of anilines is 3. The first-order chi connectivity index (χ1) is 29.1. The Morgan fingerprint density at radius 3 is 1.78 bits per heavy atom. The standard InChI is InChI=1S/C54H32FNO3/c55-36-23-25-37(26-24-36)56(38-13-6-12-34(30-38)33-10-2-1-3-11-33)39-27-29-50-47(32-39)52-42(16-9-21-51(52)57-50)44-18-8-19-45-46-31-35(22-28-49(46)59-54(44)45)40-15-7-17-43-41-14-4-5-20-48(41)58-53(40)43/h1-32H. The normalized spacial score (nSPS) is 11.8. The first kappa shape index (κ1) is 33.3. The van der Waals surface area contributed by atoms with Crippen molar-refractivity contribution < 1.29 is 17.6 Å². The van der Waals surface area contributed by atoms with Crippen molar-refractivity contribution in [2.75, 3.05) is 4.90 Å². The van der Waals surface area contributed by atoms with Crippen LogP contribution in [0.4, 0.5) is 21.5 Å². The molecule has 0 amide bonds. The van der Waals surface area contributed by atoms with Crippen molar-refractivity contribution in [1.29, 1.82) is 0 Å². The maximum Gasteiger partial charge on any atom is 0.143 e. The van der Waals surface area contributed by atoms with Gasteiger partial charge in [-0.05, 0) is 101 Å². The molecule has 0 aliphatic rings. The van der Waals surface area contributed by atoms with Gasteiger partial charge in [0.2, 0.25) is 0 Å². The zero-order valence-corrected chi connectivity index (χ0v) is 31.5. The highest BCUT2D eigenvalue weighted by molar-refractivity contribution is 6.18. The van der Waals surface area contributed by atoms with E-state index in [0.717, 1.165) is 116 Å². The van der Waals surface area contributed by atoms with Crippen LogP contribution in [0.5, 0.6) is 0 Å². The first-order valence-corrected chi connectivity index (χ1v) is 19.7. The Kier molecular flexibility index (Phi) is 7.38. The fourth-order valence-electron chi connectivity index (χ4n) is 8.82. The van der Waals surface area contributed by atoms with Gasteiger partial charge in [-0.25, -0.2) is 4.39 Å². The number of rotatable bonds is 6. The zero-order chi connectivity index (χ0) is 39.0. The van der Waals surface area contributed by atoms with Gasteiger partial charge in [-0.1, -0.05) is 115 Å². The van der Waals surface area contributed by atoms with Crippen molar-refractivity contribution in [1.82, 2.24) is 0 Å². The molecule has 0 bridgehead atoms. The number of furan rings is 3. The molecule has 0 unspecified atom stereocenters. The van der Waals surface area contributed by atoms with E-state index in [1.807, 2.05) is 66.7 Å². The highest BCUT2D eigenvalue weighted by atomic mass is 19.1. The molecule has 3 heterocycles. The van der Waals surface area contributed by atoms with E-state index >= 15 is 0 Å². The first-order valence-electron chi connectivity index (χ1n) is 19.7. The summed E-state index contributed by atoms with van der Waals surface area (Å²) < 4.78 is 34.0. The van der Waals surface area contributed by atoms with Crippen LogP contribution in [0.3, 0.4) is 0 Å². The fraction of sp³-hybridized carbons (Fsp3) is 0. The molecule has 12 aromatic rings. The average Bonchev–Trinajstić information content (AvgIpc) is 3.99. The third-order valence-corrected chi connectivity index (χ3v) is 11.5. The highest BCUT2D eigenvalue weighted by Crippen LogP contribution is 2.45. The zero-order valence-electron chi connectivity index (χ0n) is 31.5. The Morgan fingerprint density at radius 1 is 0.322 bits per heavy atom. The lowest BCUT2D eigenvalue weighted by Crippen LogP contribution is -2.10. The van der Waals surface area contributed by atoms with Crippen LogP contribution in [0, 0.1) is 5.82 Å². The maximum absolute atomic E-state index is 14.3. The minimum atomic E-state index is -0.285. The maximum atomic E-state index is 14.3. The molecule has 12 rings (SSSR count). The molecule has 9 aromatic carbocycles. The van der Waals surface area contributed by atoms with Gasteiger partial charge in [0.1, 0.15) is 39.3 Å². The minimum absolute atomic E-state index is 0.285. The molecular formula is C54H32FNO3. The lowest BCUT2D eigenvalue weighted by atomic mass is 9.96. The number of nitrogens with zero attached hydrogens (tertiary/aromatic N) is 1. The molecule has 0 spiro atoms. The van der Waals surface area contributed by atoms with Crippen molar-refractivity contribution in [3.8, 4) is 33.4 Å². The van der Waals surface area contributed by atoms with Crippen molar-refractivity contribution >= 4 is 82.9 Å². The second kappa shape index (κ2) is 13.1. The number of fused-ring (bicyclic) bond motifs is 9. The van der Waals surface area contributed by atoms with Gasteiger partial charge < -0.3 is 18.2 Å². The predicted molar refractivity (Wildman–Crippen MR) is 239 cm³/mol. The molecule has 0 saturated heterocycles. The molecule has 0 aliphatic carbocycles. The topological polar surface area (TPSA) is 42.7 Å². The van der Waals surface area contributed by atoms with Crippen LogP contribution in [0.1, 0.15) is 0 Å². The Bertz CT molecular complexity index is 3580. The Balaban J connectivity index is 1.02. The van der Waals surface area contributed by atoms with Crippen LogP contribution >= 0.6 is 0 Å². The summed E-state index contributed by atoms with van der Waals surface area (Å²) in [5, 5.41) is 6.23. The van der Waals surface area contributed by atoms with Crippen LogP contribution in [0.15, 0.2) is 207 Å². The second-order valence-electron chi connectivity index (χ2n) is 15.0. The summed E-state index contributed by atoms with van der Waals surface area (Å²) in [7, 11) is 0. The summed E-state index contributed by atoms with van der Waals surface area (Å²) in [5.41, 5.74) is 13.9. The van der Waals surface area contributed by atoms with Crippen molar-refractivity contribution in [2.24, 2.45) is 0 Å². The lowest BCUT2D eigenvalue weighted by Gasteiger charge is -2.26. The van der Waals surface area contributed by atoms with E-state index in [-0.39, 0.29) is 5.82 Å². The predicted octanol–water partition coefficient (Wildman–Crippen LogP) is 16.0. The van der Waals surface area contributed by atoms with Gasteiger partial charge in [0.05, 0.1) is 0 Å². The lowest BCUT2D eigenvalue weighted by molar-refractivity contribution is 0.628. The minimum Gasteiger partial charge on any atom is -0.456 e. The Morgan fingerprint density at radius 2 is 0.915 bits per heavy atom. The Hall–Kier alpha value is -7.89. The number of halogens is 1. The summed E-state index contributed by atoms with van der Waals surface area (Å²) in [5.74, 6) is -0.285. The molecule has 0 fully saturated rings. The van der Waals surface area contributed by atoms with Gasteiger partial charge in [0.25, 0.3) is 0 Å². The molecule has 5 heteroatoms. The van der Waals surface area contributed by atoms with Crippen LogP contribution in [-0.4, -0.2) is 0 Å². The van der Waals surface area contributed by atoms with Gasteiger partial charge in [0, 0.05) is 60.5 Å². The molecule has 0 aliphatic heterocycles. The van der Waals surface area contributed by atoms with E-state index in [1.165, 1.54) is 12.1 Å². The second-order valence-corrected chi connectivity index (χ2v) is 15.0. The van der Waals surface area contributed by atoms with Gasteiger partial charge in [0.15, 0.2) is 0 Å². The SMILES string of the molecule is Fc1ccc(N(c2cccc(-c3ccccc3)c2)c2ccc3oc4cccc(-c5cccc6c5oc5ccc(-c7cccc8c7oc7ccccc78)cc56)c4c3c2)cc1. The average molecular weight is 762 g/mol. The van der Waals surface area contributed by atoms with Crippen molar-refractivity contribution in [2.45, 2.75) is 0 Å². The fourth-order valence-corrected chi connectivity index (χ4v) is 8.82. The third-order valence-electron chi connectivity index (χ3n) is 11.5. The number of hydrogen-bond donors (Lipinski definition) is 0. The molecule has 0 radical (unpaired) electrons. The summed E-state index contributed by atoms with van der Waals surface area (Å²) in [6.45, 7) is 0. The summed E-state index contributed by atoms with van der Waals surface area (Å²) in [6.07, 6.45) is 0. The highest BCUT2D eigenvalue weighted by Gasteiger charge is 2.21. The van der Waals surface area contributed by atoms with E-state index in [4.69, 9.17) is 13.3 Å². The largest absolute Gasteiger partial charge is 0.456 e. The van der Waals surface area contributed by atoms with Gasteiger partial charge in [-0.15, -0.1) is 0 Å². The van der Waals surface area contributed by atoms with Gasteiger partial charge in [-0.3, -0.25) is 0 Å². The quantitative estimate of drug-likeness (QED) is 0.169. The molecule has 59 heavy (non-hydrogen) atoms. The number of benzene rings is 9. The van der Waals surface area contributed by atoms with E-state index in [1.54, 1.807) is 0 Å². The van der Waals surface area contributed by atoms with E-state index in [0.29, 0.717) is 0 Å². The number of para-hydroxylation sites is 3. The number of hydrogen-bond acceptors (Lipinski definition) is 4. The molecule has 0 atom stereocenters. The van der Waals surface area contributed by atoms with Gasteiger partial charge in [-0.2, -0.15) is 0 Å². The van der Waals surface area contributed by atoms with E-state index in [2.05, 4.69) is 120 Å². The van der Waals surface area contributed by atoms with Crippen LogP contribution in [0.25, 0.3) is 99.2 Å². The summed E-state index contributed by atoms with van der Waals surface area (Å²) in [6, 6.07) is 65.1. The molecule has 3 aromatic heterocycles. The van der Waals surface area contributed by atoms with Crippen LogP contribution in [-0.2, 0) is 0 Å². The molecule has 4 nitrogen and oxygen atoms in total. The smallest absolute Gasteiger partial charge is 0.143 e. The molecular weight excluding hydrogens is 730 g/mol. The van der Waals surface area contributed by atoms with Crippen LogP contribution < -0.4 is 4.90 Å². The van der Waals surface area contributed by atoms with Crippen LogP contribution in [0.2, 0.25) is 0 Å². The molecule has 278 valence electrons. The summed E-state index contributed by atoms with van der Waals surface area (Å²) >= 11 is 0. The molecule has 0 N–H and O–H groups in total. The molecule has 0 saturated carbocycles. The monoisotopic (exact) mass is 761 g/mol. The van der Waals surface area contributed by atoms with E-state index < -0.39 is 0 Å². The van der Waals surface area contributed by atoms with Crippen molar-refractivity contribution in [3.05, 3.63) is 200 Å².